The van der Waals surface area contributed by atoms with Gasteiger partial charge in [0, 0.05) is 11.6 Å². The van der Waals surface area contributed by atoms with E-state index in [-0.39, 0.29) is 30.9 Å². The summed E-state index contributed by atoms with van der Waals surface area (Å²) in [6, 6.07) is 6.93. The number of Topliss-reactive ketones (excluding diaryl/α,β-unsaturated/α-hetero) is 1. The molecule has 1 fully saturated rings. The smallest absolute Gasteiger partial charge is 0.279 e. The number of nitrogens with one attached hydrogen (secondary N) is 2. The van der Waals surface area contributed by atoms with Gasteiger partial charge in [0.15, 0.2) is 23.8 Å². The Hall–Kier alpha value is -2.91. The third kappa shape index (κ3) is 4.25. The highest BCUT2D eigenvalue weighted by Gasteiger charge is 2.27. The van der Waals surface area contributed by atoms with Crippen molar-refractivity contribution in [3.8, 4) is 11.5 Å². The van der Waals surface area contributed by atoms with Gasteiger partial charge < -0.3 is 24.6 Å². The van der Waals surface area contributed by atoms with E-state index in [0.717, 1.165) is 9.78 Å². The van der Waals surface area contributed by atoms with Crippen molar-refractivity contribution in [2.75, 3.05) is 44.8 Å². The Labute approximate surface area is 172 Å². The van der Waals surface area contributed by atoms with Crippen LogP contribution in [-0.4, -0.2) is 62.0 Å². The molecule has 2 aromatic rings. The van der Waals surface area contributed by atoms with Gasteiger partial charge in [0.2, 0.25) is 6.79 Å². The summed E-state index contributed by atoms with van der Waals surface area (Å²) < 4.78 is 10.6. The number of ether oxygens (including phenoxy) is 2. The molecule has 8 nitrogen and oxygen atoms in total. The summed E-state index contributed by atoms with van der Waals surface area (Å²) in [7, 11) is 0. The first-order valence-corrected chi connectivity index (χ1v) is 10.3. The average molecular weight is 416 g/mol. The van der Waals surface area contributed by atoms with Crippen LogP contribution in [0.25, 0.3) is 0 Å². The molecule has 2 N–H and O–H groups in total. The van der Waals surface area contributed by atoms with Crippen LogP contribution in [0, 0.1) is 0 Å². The summed E-state index contributed by atoms with van der Waals surface area (Å²) >= 11 is 1.44. The number of nitrogens with zero attached hydrogens (tertiary/aromatic N) is 1. The molecule has 0 aliphatic carbocycles. The number of anilines is 1. The minimum atomic E-state index is -0.181. The van der Waals surface area contributed by atoms with Gasteiger partial charge in [0.1, 0.15) is 0 Å². The molecule has 4 rings (SSSR count). The molecule has 0 radical (unpaired) electrons. The average Bonchev–Trinajstić information content (AvgIpc) is 3.39. The molecule has 2 amide bonds. The van der Waals surface area contributed by atoms with E-state index in [1.165, 1.54) is 18.3 Å². The van der Waals surface area contributed by atoms with Crippen LogP contribution in [-0.2, 0) is 4.79 Å². The van der Waals surface area contributed by atoms with E-state index < -0.39 is 0 Å². The quantitative estimate of drug-likeness (QED) is 0.699. The van der Waals surface area contributed by atoms with Crippen molar-refractivity contribution >= 4 is 34.6 Å². The summed E-state index contributed by atoms with van der Waals surface area (Å²) in [5.74, 6) is 0.727. The normalized spacial score (nSPS) is 16.0. The monoisotopic (exact) mass is 416 g/mol. The number of carbonyl (C=O) groups is 3. The lowest BCUT2D eigenvalue weighted by Crippen LogP contribution is -3.15. The first-order valence-electron chi connectivity index (χ1n) is 9.42. The maximum Gasteiger partial charge on any atom is 0.279 e. The molecule has 0 spiro atoms. The molecule has 152 valence electrons. The molecule has 0 saturated carbocycles. The summed E-state index contributed by atoms with van der Waals surface area (Å²) in [4.78, 5) is 40.6. The zero-order valence-electron chi connectivity index (χ0n) is 16.0. The number of ketones is 1. The molecule has 0 bridgehead atoms. The predicted octanol–water partition coefficient (Wildman–Crippen LogP) is 0.659. The molecule has 2 aliphatic rings. The second-order valence-corrected chi connectivity index (χ2v) is 8.00. The van der Waals surface area contributed by atoms with Gasteiger partial charge in [-0.15, -0.1) is 11.3 Å². The van der Waals surface area contributed by atoms with Gasteiger partial charge >= 0.3 is 0 Å². The Morgan fingerprint density at radius 1 is 1.17 bits per heavy atom. The number of amides is 2. The number of quaternary nitrogens is 1. The number of thiophene rings is 1. The molecule has 2 aliphatic heterocycles. The second kappa shape index (κ2) is 8.22. The molecule has 1 saturated heterocycles. The number of hydrogen-bond donors (Lipinski definition) is 2. The fraction of sp³-hybridized carbons (Fsp3) is 0.350. The van der Waals surface area contributed by atoms with Gasteiger partial charge in [-0.3, -0.25) is 14.4 Å². The third-order valence-electron chi connectivity index (χ3n) is 5.07. The van der Waals surface area contributed by atoms with Crippen LogP contribution in [0.5, 0.6) is 11.5 Å². The summed E-state index contributed by atoms with van der Waals surface area (Å²) in [5.41, 5.74) is 0.821. The van der Waals surface area contributed by atoms with Crippen molar-refractivity contribution in [3.05, 3.63) is 40.1 Å². The van der Waals surface area contributed by atoms with Gasteiger partial charge in [0.05, 0.1) is 36.7 Å². The third-order valence-corrected chi connectivity index (χ3v) is 5.92. The molecule has 9 heteroatoms. The van der Waals surface area contributed by atoms with Crippen LogP contribution < -0.4 is 19.7 Å². The molecule has 1 aromatic heterocycles. The van der Waals surface area contributed by atoms with Crippen molar-refractivity contribution in [1.29, 1.82) is 0 Å². The molecule has 3 heterocycles. The molecular formula is C20H22N3O5S+. The summed E-state index contributed by atoms with van der Waals surface area (Å²) in [6.07, 6.45) is 0. The lowest BCUT2D eigenvalue weighted by Gasteiger charge is -2.31. The fourth-order valence-electron chi connectivity index (χ4n) is 3.52. The highest BCUT2D eigenvalue weighted by atomic mass is 32.1. The lowest BCUT2D eigenvalue weighted by atomic mass is 10.1. The number of hydrogen-bond acceptors (Lipinski definition) is 6. The number of rotatable bonds is 5. The van der Waals surface area contributed by atoms with Gasteiger partial charge in [-0.2, -0.15) is 0 Å². The molecular weight excluding hydrogens is 394 g/mol. The van der Waals surface area contributed by atoms with Crippen molar-refractivity contribution in [2.45, 2.75) is 6.92 Å². The first kappa shape index (κ1) is 19.4. The molecule has 0 unspecified atom stereocenters. The van der Waals surface area contributed by atoms with Crippen LogP contribution in [0.4, 0.5) is 5.69 Å². The largest absolute Gasteiger partial charge is 0.454 e. The lowest BCUT2D eigenvalue weighted by molar-refractivity contribution is -0.895. The van der Waals surface area contributed by atoms with E-state index >= 15 is 0 Å². The van der Waals surface area contributed by atoms with E-state index in [2.05, 4.69) is 5.32 Å². The van der Waals surface area contributed by atoms with Gasteiger partial charge in [-0.05, 0) is 24.4 Å². The minimum absolute atomic E-state index is 0.0509. The number of piperazine rings is 1. The Morgan fingerprint density at radius 3 is 2.55 bits per heavy atom. The van der Waals surface area contributed by atoms with Crippen molar-refractivity contribution in [2.24, 2.45) is 0 Å². The Kier molecular flexibility index (Phi) is 5.50. The topological polar surface area (TPSA) is 89.4 Å². The van der Waals surface area contributed by atoms with Gasteiger partial charge in [0.25, 0.3) is 11.8 Å². The molecule has 0 atom stereocenters. The van der Waals surface area contributed by atoms with Crippen molar-refractivity contribution < 1.29 is 28.8 Å². The van der Waals surface area contributed by atoms with E-state index in [0.29, 0.717) is 48.9 Å². The van der Waals surface area contributed by atoms with Gasteiger partial charge in [-0.1, -0.05) is 6.07 Å². The highest BCUT2D eigenvalue weighted by Crippen LogP contribution is 2.37. The SMILES string of the molecule is CC(=O)c1cc2c(cc1NC(=O)C[NH+]1CCN(C(=O)c3cccs3)CC1)OCO2. The minimum Gasteiger partial charge on any atom is -0.454 e. The van der Waals surface area contributed by atoms with Crippen molar-refractivity contribution in [1.82, 2.24) is 4.90 Å². The van der Waals surface area contributed by atoms with Crippen molar-refractivity contribution in [3.63, 3.8) is 0 Å². The van der Waals surface area contributed by atoms with Crippen LogP contribution in [0.3, 0.4) is 0 Å². The number of benzene rings is 1. The maximum atomic E-state index is 12.6. The molecule has 29 heavy (non-hydrogen) atoms. The summed E-state index contributed by atoms with van der Waals surface area (Å²) in [5, 5.41) is 4.72. The second-order valence-electron chi connectivity index (χ2n) is 7.05. The predicted molar refractivity (Wildman–Crippen MR) is 107 cm³/mol. The maximum absolute atomic E-state index is 12.6. The van der Waals surface area contributed by atoms with E-state index in [1.54, 1.807) is 12.1 Å². The van der Waals surface area contributed by atoms with Crippen LogP contribution >= 0.6 is 11.3 Å². The zero-order valence-corrected chi connectivity index (χ0v) is 16.8. The van der Waals surface area contributed by atoms with E-state index in [1.807, 2.05) is 22.4 Å². The van der Waals surface area contributed by atoms with Crippen LogP contribution in [0.2, 0.25) is 0 Å². The highest BCUT2D eigenvalue weighted by molar-refractivity contribution is 7.12. The van der Waals surface area contributed by atoms with E-state index in [9.17, 15) is 14.4 Å². The Balaban J connectivity index is 1.34. The zero-order chi connectivity index (χ0) is 20.4. The Morgan fingerprint density at radius 2 is 1.90 bits per heavy atom. The molecule has 1 aromatic carbocycles. The number of fused-ring (bicyclic) bond motifs is 1. The van der Waals surface area contributed by atoms with Gasteiger partial charge in [-0.25, -0.2) is 0 Å². The fourth-order valence-corrected chi connectivity index (χ4v) is 4.21. The first-order chi connectivity index (χ1) is 14.0. The van der Waals surface area contributed by atoms with Crippen LogP contribution in [0.1, 0.15) is 27.0 Å². The number of carbonyl (C=O) groups excluding carboxylic acids is 3. The van der Waals surface area contributed by atoms with Crippen LogP contribution in [0.15, 0.2) is 29.6 Å². The Bertz CT molecular complexity index is 936. The summed E-state index contributed by atoms with van der Waals surface area (Å²) in [6.45, 7) is 4.44. The standard InChI is InChI=1S/C20H21N3O5S/c1-13(24)14-9-16-17(28-12-27-16)10-15(14)21-19(25)11-22-4-6-23(7-5-22)20(26)18-3-2-8-29-18/h2-3,8-10H,4-7,11-12H2,1H3,(H,21,25)/p+1. The van der Waals surface area contributed by atoms with E-state index in [4.69, 9.17) is 9.47 Å².